The Morgan fingerprint density at radius 2 is 1.04 bits per heavy atom. The minimum Gasteiger partial charge on any atom is -0.290 e. The number of ketones is 2. The minimum atomic E-state index is -4.74. The topological polar surface area (TPSA) is 84.6 Å². The van der Waals surface area contributed by atoms with E-state index in [1.165, 1.54) is 0 Å². The first-order chi connectivity index (χ1) is 26.1. The van der Waals surface area contributed by atoms with E-state index in [1.807, 2.05) is 0 Å². The second-order valence-electron chi connectivity index (χ2n) is 13.1. The van der Waals surface area contributed by atoms with Crippen molar-refractivity contribution >= 4 is 34.1 Å². The van der Waals surface area contributed by atoms with Crippen molar-refractivity contribution in [3.8, 4) is 0 Å². The Kier molecular flexibility index (Phi) is 9.31. The van der Waals surface area contributed by atoms with Gasteiger partial charge in [-0.25, -0.2) is 9.97 Å². The number of rotatable bonds is 2. The molecule has 0 saturated carbocycles. The van der Waals surface area contributed by atoms with Crippen molar-refractivity contribution in [1.29, 1.82) is 0 Å². The number of hydrogen-bond donors (Lipinski definition) is 0. The Balaban J connectivity index is 1.40. The number of allylic oxidation sites excluding steroid dienone is 12. The van der Waals surface area contributed by atoms with Crippen molar-refractivity contribution in [3.05, 3.63) is 129 Å². The highest BCUT2D eigenvalue weighted by atomic mass is 19.4. The van der Waals surface area contributed by atoms with Crippen molar-refractivity contribution < 1.29 is 62.3 Å². The lowest BCUT2D eigenvalue weighted by atomic mass is 9.84. The monoisotopic (exact) mass is 794 g/mol. The maximum absolute atomic E-state index is 14.2. The Morgan fingerprint density at radius 3 is 1.41 bits per heavy atom. The summed E-state index contributed by atoms with van der Waals surface area (Å²) in [7, 11) is 0. The van der Waals surface area contributed by atoms with Gasteiger partial charge in [-0.2, -0.15) is 52.7 Å². The maximum Gasteiger partial charge on any atom is 0.416 e. The van der Waals surface area contributed by atoms with Crippen LogP contribution < -0.4 is 10.7 Å². The second kappa shape index (κ2) is 13.5. The highest BCUT2D eigenvalue weighted by Crippen LogP contribution is 2.37. The molecule has 0 fully saturated rings. The van der Waals surface area contributed by atoms with Crippen LogP contribution in [-0.2, 0) is 6.18 Å². The molecule has 0 N–H and O–H groups in total. The van der Waals surface area contributed by atoms with Gasteiger partial charge < -0.3 is 0 Å². The first-order valence-electron chi connectivity index (χ1n) is 16.5. The van der Waals surface area contributed by atoms with E-state index in [4.69, 9.17) is 0 Å². The summed E-state index contributed by atoms with van der Waals surface area (Å²) in [6, 6.07) is 0.0496. The summed E-state index contributed by atoms with van der Waals surface area (Å²) in [5, 5.41) is -0.408. The lowest BCUT2D eigenvalue weighted by Gasteiger charge is -2.31. The summed E-state index contributed by atoms with van der Waals surface area (Å²) in [4.78, 5) is 46.0. The molecule has 0 saturated heterocycles. The third-order valence-electron chi connectivity index (χ3n) is 9.51. The van der Waals surface area contributed by atoms with Crippen LogP contribution in [0.15, 0.2) is 106 Å². The highest BCUT2D eigenvalue weighted by molar-refractivity contribution is 6.55. The van der Waals surface area contributed by atoms with Crippen LogP contribution in [0.4, 0.5) is 52.7 Å². The summed E-state index contributed by atoms with van der Waals surface area (Å²) in [5.74, 6) is -3.82. The fourth-order valence-electron chi connectivity index (χ4n) is 6.60. The number of hydrogen-bond acceptors (Lipinski definition) is 6. The van der Waals surface area contributed by atoms with Crippen LogP contribution >= 0.6 is 0 Å². The van der Waals surface area contributed by atoms with E-state index in [2.05, 4.69) is 20.0 Å². The molecule has 7 rings (SSSR count). The predicted octanol–water partition coefficient (Wildman–Crippen LogP) is 7.82. The molecule has 1 aliphatic heterocycles. The zero-order chi connectivity index (χ0) is 40.5. The highest BCUT2D eigenvalue weighted by Gasteiger charge is 2.47. The summed E-state index contributed by atoms with van der Waals surface area (Å²) in [5.41, 5.74) is -4.50. The third kappa shape index (κ3) is 7.23. The zero-order valence-corrected chi connectivity index (χ0v) is 28.0. The van der Waals surface area contributed by atoms with E-state index in [1.54, 1.807) is 0 Å². The summed E-state index contributed by atoms with van der Waals surface area (Å²) < 4.78 is 161. The molecule has 5 aliphatic rings. The molecule has 3 unspecified atom stereocenters. The summed E-state index contributed by atoms with van der Waals surface area (Å²) in [6.45, 7) is 0. The fraction of sp³-hybridized carbons (Fsp3) is 0.263. The Hall–Kier alpha value is -5.68. The number of nitrogens with zero attached hydrogens (tertiary/aromatic N) is 4. The van der Waals surface area contributed by atoms with E-state index in [-0.39, 0.29) is 44.4 Å². The van der Waals surface area contributed by atoms with Crippen LogP contribution in [-0.4, -0.2) is 63.6 Å². The number of aromatic nitrogens is 2. The molecule has 2 aromatic rings. The lowest BCUT2D eigenvalue weighted by molar-refractivity contribution is -0.160. The average Bonchev–Trinajstić information content (AvgIpc) is 3.15. The lowest BCUT2D eigenvalue weighted by Crippen LogP contribution is -2.51. The first-order valence-corrected chi connectivity index (χ1v) is 16.5. The van der Waals surface area contributed by atoms with Gasteiger partial charge in [0.05, 0.1) is 44.7 Å². The molecule has 4 aliphatic carbocycles. The van der Waals surface area contributed by atoms with Gasteiger partial charge in [0, 0.05) is 5.56 Å². The fourth-order valence-corrected chi connectivity index (χ4v) is 6.60. The smallest absolute Gasteiger partial charge is 0.290 e. The quantitative estimate of drug-likeness (QED) is 0.291. The number of carbonyl (C=O) groups excluding carboxylic acids is 2. The van der Waals surface area contributed by atoms with Gasteiger partial charge in [-0.3, -0.25) is 19.6 Å². The molecule has 290 valence electrons. The molecule has 1 aromatic carbocycles. The van der Waals surface area contributed by atoms with Crippen molar-refractivity contribution in [2.75, 3.05) is 0 Å². The van der Waals surface area contributed by atoms with Gasteiger partial charge in [0.1, 0.15) is 23.5 Å². The number of halogens is 12. The van der Waals surface area contributed by atoms with Crippen LogP contribution in [0.25, 0.3) is 11.1 Å². The number of carbonyl (C=O) groups is 2. The zero-order valence-electron chi connectivity index (χ0n) is 28.0. The molecule has 0 spiro atoms. The van der Waals surface area contributed by atoms with Gasteiger partial charge in [-0.05, 0) is 60.3 Å². The van der Waals surface area contributed by atoms with Crippen LogP contribution in [0, 0.1) is 5.92 Å². The normalized spacial score (nSPS) is 24.9. The number of alkyl halides is 12. The molecule has 0 bridgehead atoms. The van der Waals surface area contributed by atoms with Gasteiger partial charge in [0.2, 0.25) is 11.6 Å². The molecule has 3 atom stereocenters. The van der Waals surface area contributed by atoms with Gasteiger partial charge in [0.15, 0.2) is 0 Å². The Morgan fingerprint density at radius 1 is 0.554 bits per heavy atom. The Bertz CT molecular complexity index is 2440. The number of fused-ring (bicyclic) bond motifs is 2. The molecule has 0 amide bonds. The Labute approximate surface area is 307 Å². The minimum absolute atomic E-state index is 0.0256. The standard InChI is InChI=1S/C38H22F12N4O2/c39-35(40,41)21-9-1-17(2-10-21)25-26(18-3-11-22(12-4-18)36(42,43)44)52-30-29(51-25)33(55)31-32(34(30)56)54-28(20-7-15-24(16-8-20)38(48,49)50)27(53-31)19-5-13-23(14-6-19)37(45,46)47/h1-5,7,9-11,13-16,22,29-30H,6,8,12H2. The van der Waals surface area contributed by atoms with Crippen molar-refractivity contribution in [2.24, 2.45) is 15.9 Å². The van der Waals surface area contributed by atoms with Crippen molar-refractivity contribution in [3.63, 3.8) is 0 Å². The van der Waals surface area contributed by atoms with E-state index in [9.17, 15) is 62.3 Å². The molecule has 6 nitrogen and oxygen atoms in total. The molecule has 0 radical (unpaired) electrons. The van der Waals surface area contributed by atoms with Crippen molar-refractivity contribution in [2.45, 2.75) is 56.1 Å². The summed E-state index contributed by atoms with van der Waals surface area (Å²) >= 11 is 0. The van der Waals surface area contributed by atoms with E-state index in [0.29, 0.717) is 12.1 Å². The van der Waals surface area contributed by atoms with Gasteiger partial charge >= 0.3 is 24.7 Å². The SMILES string of the molecule is O=C1c2nc(=C3C=CC(C(F)(F)F)=CC3)c(=C3C=CC(C(F)(F)F)=CC3)nc2C(=O)C2N=C(c3ccc(C(F)(F)F)cc3)C(C3=CCC(C(F)(F)F)C=C3)=NC12. The van der Waals surface area contributed by atoms with Crippen LogP contribution in [0.2, 0.25) is 0 Å². The molecule has 56 heavy (non-hydrogen) atoms. The largest absolute Gasteiger partial charge is 0.416 e. The molecule has 1 aromatic heterocycles. The molecule has 2 heterocycles. The second-order valence-corrected chi connectivity index (χ2v) is 13.1. The summed E-state index contributed by atoms with van der Waals surface area (Å²) in [6.07, 6.45) is -11.8. The molecule has 18 heteroatoms. The number of Topliss-reactive ketones (excluding diaryl/α,β-unsaturated/α-hetero) is 2. The van der Waals surface area contributed by atoms with Crippen LogP contribution in [0.5, 0.6) is 0 Å². The van der Waals surface area contributed by atoms with Gasteiger partial charge in [-0.15, -0.1) is 0 Å². The molecular weight excluding hydrogens is 772 g/mol. The maximum atomic E-state index is 14.2. The van der Waals surface area contributed by atoms with E-state index < -0.39 is 102 Å². The van der Waals surface area contributed by atoms with Gasteiger partial charge in [0.25, 0.3) is 0 Å². The van der Waals surface area contributed by atoms with Crippen LogP contribution in [0.1, 0.15) is 51.4 Å². The van der Waals surface area contributed by atoms with E-state index >= 15 is 0 Å². The predicted molar refractivity (Wildman–Crippen MR) is 177 cm³/mol. The van der Waals surface area contributed by atoms with E-state index in [0.717, 1.165) is 66.8 Å². The molecular formula is C38H22F12N4O2. The van der Waals surface area contributed by atoms with Crippen molar-refractivity contribution in [1.82, 2.24) is 9.97 Å². The average molecular weight is 795 g/mol. The van der Waals surface area contributed by atoms with Crippen LogP contribution in [0.3, 0.4) is 0 Å². The first kappa shape index (κ1) is 38.6. The number of aliphatic imine (C=N–C) groups is 2. The number of benzene rings is 1. The third-order valence-corrected chi connectivity index (χ3v) is 9.51. The van der Waals surface area contributed by atoms with Gasteiger partial charge in [-0.1, -0.05) is 54.7 Å².